The Morgan fingerprint density at radius 3 is 2.27 bits per heavy atom. The van der Waals surface area contributed by atoms with E-state index >= 15 is 0 Å². The molecule has 0 saturated carbocycles. The van der Waals surface area contributed by atoms with E-state index in [0.29, 0.717) is 12.0 Å². The summed E-state index contributed by atoms with van der Waals surface area (Å²) in [6.07, 6.45) is 4.32. The van der Waals surface area contributed by atoms with Gasteiger partial charge >= 0.3 is 0 Å². The molecule has 64 valence electrons. The molecule has 2 heteroatoms. The molecule has 0 aromatic rings. The Labute approximate surface area is 68.5 Å². The molecule has 0 aromatic carbocycles. The molecule has 11 heavy (non-hydrogen) atoms. The lowest BCUT2D eigenvalue weighted by atomic mass is 10.0. The van der Waals surface area contributed by atoms with Crippen molar-refractivity contribution in [3.63, 3.8) is 0 Å². The van der Waals surface area contributed by atoms with Crippen LogP contribution in [0, 0.1) is 5.92 Å². The van der Waals surface area contributed by atoms with Crippen molar-refractivity contribution in [1.82, 2.24) is 4.90 Å². The van der Waals surface area contributed by atoms with Crippen LogP contribution in [0.25, 0.3) is 0 Å². The molecule has 1 unspecified atom stereocenters. The van der Waals surface area contributed by atoms with Gasteiger partial charge in [0.1, 0.15) is 0 Å². The molecule has 0 spiro atoms. The molecule has 1 N–H and O–H groups in total. The molecule has 0 fully saturated rings. The number of hydrogen-bond donors (Lipinski definition) is 1. The second-order valence-electron chi connectivity index (χ2n) is 3.42. The monoisotopic (exact) mass is 155 g/mol. The molecule has 0 radical (unpaired) electrons. The predicted molar refractivity (Wildman–Crippen MR) is 46.4 cm³/mol. The summed E-state index contributed by atoms with van der Waals surface area (Å²) in [5.41, 5.74) is 0. The van der Waals surface area contributed by atoms with Crippen LogP contribution in [-0.2, 0) is 0 Å². The molecule has 1 aliphatic rings. The highest BCUT2D eigenvalue weighted by Crippen LogP contribution is 2.12. The van der Waals surface area contributed by atoms with Crippen molar-refractivity contribution in [3.8, 4) is 0 Å². The Morgan fingerprint density at radius 1 is 1.36 bits per heavy atom. The number of aliphatic hydroxyl groups is 1. The van der Waals surface area contributed by atoms with Crippen molar-refractivity contribution >= 4 is 0 Å². The molecule has 0 aromatic heterocycles. The van der Waals surface area contributed by atoms with Crippen molar-refractivity contribution in [3.05, 3.63) is 12.2 Å². The molecule has 1 heterocycles. The first-order valence-electron chi connectivity index (χ1n) is 4.25. The predicted octanol–water partition coefficient (Wildman–Crippen LogP) is 0.875. The van der Waals surface area contributed by atoms with Gasteiger partial charge in [-0.25, -0.2) is 0 Å². The van der Waals surface area contributed by atoms with Gasteiger partial charge in [0.25, 0.3) is 0 Å². The molecule has 2 nitrogen and oxygen atoms in total. The smallest absolute Gasteiger partial charge is 0.0589 e. The summed E-state index contributed by atoms with van der Waals surface area (Å²) in [5.74, 6) is 0.542. The third-order valence-electron chi connectivity index (χ3n) is 2.27. The van der Waals surface area contributed by atoms with Crippen LogP contribution >= 0.6 is 0 Å². The summed E-state index contributed by atoms with van der Waals surface area (Å²) >= 11 is 0. The Kier molecular flexibility index (Phi) is 3.09. The molecule has 0 aliphatic carbocycles. The SMILES string of the molecule is CC(C)C(CO)N1CC=CC1. The summed E-state index contributed by atoms with van der Waals surface area (Å²) < 4.78 is 0. The van der Waals surface area contributed by atoms with Crippen molar-refractivity contribution in [2.24, 2.45) is 5.92 Å². The van der Waals surface area contributed by atoms with E-state index in [-0.39, 0.29) is 6.61 Å². The summed E-state index contributed by atoms with van der Waals surface area (Å²) in [6, 6.07) is 0.338. The van der Waals surface area contributed by atoms with E-state index in [0.717, 1.165) is 13.1 Å². The summed E-state index contributed by atoms with van der Waals surface area (Å²) in [4.78, 5) is 2.30. The van der Waals surface area contributed by atoms with E-state index in [1.807, 2.05) is 0 Å². The highest BCUT2D eigenvalue weighted by atomic mass is 16.3. The van der Waals surface area contributed by atoms with Gasteiger partial charge in [-0.2, -0.15) is 0 Å². The lowest BCUT2D eigenvalue weighted by molar-refractivity contribution is 0.116. The van der Waals surface area contributed by atoms with Gasteiger partial charge in [0.05, 0.1) is 6.61 Å². The van der Waals surface area contributed by atoms with Crippen LogP contribution in [0.5, 0.6) is 0 Å². The molecule has 1 aliphatic heterocycles. The zero-order valence-electron chi connectivity index (χ0n) is 7.33. The van der Waals surface area contributed by atoms with Crippen LogP contribution in [0.4, 0.5) is 0 Å². The van der Waals surface area contributed by atoms with E-state index in [1.165, 1.54) is 0 Å². The number of aliphatic hydroxyl groups excluding tert-OH is 1. The van der Waals surface area contributed by atoms with Gasteiger partial charge in [-0.3, -0.25) is 4.90 Å². The van der Waals surface area contributed by atoms with E-state index in [2.05, 4.69) is 30.9 Å². The lowest BCUT2D eigenvalue weighted by Crippen LogP contribution is -2.39. The quantitative estimate of drug-likeness (QED) is 0.611. The Bertz CT molecular complexity index is 134. The van der Waals surface area contributed by atoms with E-state index < -0.39 is 0 Å². The van der Waals surface area contributed by atoms with Gasteiger partial charge in [-0.05, 0) is 5.92 Å². The molecular formula is C9H17NO. The first-order valence-corrected chi connectivity index (χ1v) is 4.25. The van der Waals surface area contributed by atoms with E-state index in [4.69, 9.17) is 5.11 Å². The minimum absolute atomic E-state index is 0.277. The molecule has 0 bridgehead atoms. The normalized spacial score (nSPS) is 21.5. The first-order chi connectivity index (χ1) is 5.25. The molecule has 0 saturated heterocycles. The van der Waals surface area contributed by atoms with Crippen molar-refractivity contribution < 1.29 is 5.11 Å². The van der Waals surface area contributed by atoms with Crippen LogP contribution < -0.4 is 0 Å². The van der Waals surface area contributed by atoms with Gasteiger partial charge in [0.2, 0.25) is 0 Å². The largest absolute Gasteiger partial charge is 0.395 e. The van der Waals surface area contributed by atoms with Gasteiger partial charge in [-0.1, -0.05) is 26.0 Å². The maximum absolute atomic E-state index is 9.09. The molecular weight excluding hydrogens is 138 g/mol. The van der Waals surface area contributed by atoms with Crippen LogP contribution in [0.2, 0.25) is 0 Å². The van der Waals surface area contributed by atoms with Gasteiger partial charge in [0.15, 0.2) is 0 Å². The van der Waals surface area contributed by atoms with Crippen LogP contribution in [-0.4, -0.2) is 35.7 Å². The topological polar surface area (TPSA) is 23.5 Å². The Hall–Kier alpha value is -0.340. The highest BCUT2D eigenvalue weighted by Gasteiger charge is 2.20. The second kappa shape index (κ2) is 3.88. The third-order valence-corrected chi connectivity index (χ3v) is 2.27. The third kappa shape index (κ3) is 2.04. The van der Waals surface area contributed by atoms with Gasteiger partial charge in [0, 0.05) is 19.1 Å². The first kappa shape index (κ1) is 8.75. The van der Waals surface area contributed by atoms with Crippen molar-refractivity contribution in [2.75, 3.05) is 19.7 Å². The average Bonchev–Trinajstić information content (AvgIpc) is 2.40. The second-order valence-corrected chi connectivity index (χ2v) is 3.42. The lowest BCUT2D eigenvalue weighted by Gasteiger charge is -2.28. The van der Waals surface area contributed by atoms with Crippen LogP contribution in [0.1, 0.15) is 13.8 Å². The van der Waals surface area contributed by atoms with Crippen LogP contribution in [0.15, 0.2) is 12.2 Å². The minimum atomic E-state index is 0.277. The number of rotatable bonds is 3. The Balaban J connectivity index is 2.42. The highest BCUT2D eigenvalue weighted by molar-refractivity contribution is 4.97. The van der Waals surface area contributed by atoms with Crippen LogP contribution in [0.3, 0.4) is 0 Å². The standard InChI is InChI=1S/C9H17NO/c1-8(2)9(7-11)10-5-3-4-6-10/h3-4,8-9,11H,5-7H2,1-2H3. The zero-order valence-corrected chi connectivity index (χ0v) is 7.33. The fourth-order valence-electron chi connectivity index (χ4n) is 1.51. The van der Waals surface area contributed by atoms with Crippen molar-refractivity contribution in [1.29, 1.82) is 0 Å². The fourth-order valence-corrected chi connectivity index (χ4v) is 1.51. The van der Waals surface area contributed by atoms with Gasteiger partial charge in [-0.15, -0.1) is 0 Å². The average molecular weight is 155 g/mol. The summed E-state index contributed by atoms with van der Waals surface area (Å²) in [5, 5.41) is 9.09. The van der Waals surface area contributed by atoms with E-state index in [1.54, 1.807) is 0 Å². The van der Waals surface area contributed by atoms with Crippen molar-refractivity contribution in [2.45, 2.75) is 19.9 Å². The number of hydrogen-bond acceptors (Lipinski definition) is 2. The molecule has 0 amide bonds. The maximum Gasteiger partial charge on any atom is 0.0589 e. The fraction of sp³-hybridized carbons (Fsp3) is 0.778. The zero-order chi connectivity index (χ0) is 8.27. The molecule has 1 atom stereocenters. The van der Waals surface area contributed by atoms with Gasteiger partial charge < -0.3 is 5.11 Å². The summed E-state index contributed by atoms with van der Waals surface area (Å²) in [6.45, 7) is 6.59. The molecule has 1 rings (SSSR count). The summed E-state index contributed by atoms with van der Waals surface area (Å²) in [7, 11) is 0. The Morgan fingerprint density at radius 2 is 1.91 bits per heavy atom. The van der Waals surface area contributed by atoms with E-state index in [9.17, 15) is 0 Å². The maximum atomic E-state index is 9.09. The number of nitrogens with zero attached hydrogens (tertiary/aromatic N) is 1. The minimum Gasteiger partial charge on any atom is -0.395 e.